The molecule has 0 aromatic carbocycles. The Kier molecular flexibility index (Phi) is 3.90. The van der Waals surface area contributed by atoms with Gasteiger partial charge >= 0.3 is 0 Å². The maximum atomic E-state index is 10.4. The van der Waals surface area contributed by atoms with Crippen molar-refractivity contribution in [1.29, 1.82) is 0 Å². The van der Waals surface area contributed by atoms with Crippen LogP contribution < -0.4 is 11.1 Å². The van der Waals surface area contributed by atoms with E-state index in [4.69, 9.17) is 5.73 Å². The van der Waals surface area contributed by atoms with Crippen LogP contribution in [-0.2, 0) is 11.3 Å². The van der Waals surface area contributed by atoms with E-state index in [9.17, 15) is 4.79 Å². The summed E-state index contributed by atoms with van der Waals surface area (Å²) in [4.78, 5) is 12.9. The summed E-state index contributed by atoms with van der Waals surface area (Å²) in [7, 11) is 0. The van der Waals surface area contributed by atoms with Crippen LogP contribution in [0.5, 0.6) is 0 Å². The third-order valence-corrected chi connectivity index (χ3v) is 3.64. The molecule has 0 spiro atoms. The highest BCUT2D eigenvalue weighted by molar-refractivity contribution is 9.10. The predicted octanol–water partition coefficient (Wildman–Crippen LogP) is 1.39. The lowest BCUT2D eigenvalue weighted by atomic mass is 10.4. The van der Waals surface area contributed by atoms with Gasteiger partial charge in [0, 0.05) is 20.8 Å². The number of nitrogens with two attached hydrogens (primary N) is 1. The number of rotatable bonds is 4. The van der Waals surface area contributed by atoms with Crippen molar-refractivity contribution in [3.63, 3.8) is 0 Å². The van der Waals surface area contributed by atoms with Crippen molar-refractivity contribution in [2.45, 2.75) is 13.5 Å². The summed E-state index contributed by atoms with van der Waals surface area (Å²) >= 11 is 5.13. The molecule has 1 aromatic rings. The van der Waals surface area contributed by atoms with Gasteiger partial charge in [0.15, 0.2) is 0 Å². The maximum absolute atomic E-state index is 10.4. The molecule has 72 valence electrons. The lowest BCUT2D eigenvalue weighted by Gasteiger charge is -1.97. The first-order valence-corrected chi connectivity index (χ1v) is 5.44. The summed E-state index contributed by atoms with van der Waals surface area (Å²) in [5.74, 6) is -0.327. The van der Waals surface area contributed by atoms with Crippen LogP contribution in [0.1, 0.15) is 9.75 Å². The Morgan fingerprint density at radius 3 is 2.92 bits per heavy atom. The predicted molar refractivity (Wildman–Crippen MR) is 57.7 cm³/mol. The molecule has 0 bridgehead atoms. The molecule has 1 amide bonds. The Labute approximate surface area is 89.5 Å². The van der Waals surface area contributed by atoms with Crippen LogP contribution in [-0.4, -0.2) is 12.5 Å². The summed E-state index contributed by atoms with van der Waals surface area (Å²) in [6, 6.07) is 2.05. The minimum atomic E-state index is -0.327. The number of hydrogen-bond acceptors (Lipinski definition) is 3. The average Bonchev–Trinajstić information content (AvgIpc) is 2.30. The minimum absolute atomic E-state index is 0.231. The van der Waals surface area contributed by atoms with Gasteiger partial charge in [-0.2, -0.15) is 0 Å². The first kappa shape index (κ1) is 10.7. The summed E-state index contributed by atoms with van der Waals surface area (Å²) in [5, 5.41) is 2.96. The number of aryl methyl sites for hydroxylation is 1. The Balaban J connectivity index is 2.41. The van der Waals surface area contributed by atoms with Crippen LogP contribution in [0.25, 0.3) is 0 Å². The zero-order valence-electron chi connectivity index (χ0n) is 7.26. The van der Waals surface area contributed by atoms with Gasteiger partial charge < -0.3 is 11.1 Å². The number of halogens is 1. The normalized spacial score (nSPS) is 10.3. The van der Waals surface area contributed by atoms with Crippen LogP contribution in [0.4, 0.5) is 0 Å². The number of thiophene rings is 1. The highest BCUT2D eigenvalue weighted by Gasteiger charge is 2.02. The molecular weight excluding hydrogens is 252 g/mol. The van der Waals surface area contributed by atoms with Gasteiger partial charge in [0.1, 0.15) is 0 Å². The van der Waals surface area contributed by atoms with E-state index < -0.39 is 0 Å². The molecule has 0 saturated carbocycles. The first-order chi connectivity index (χ1) is 6.09. The Morgan fingerprint density at radius 2 is 2.46 bits per heavy atom. The quantitative estimate of drug-likeness (QED) is 0.862. The SMILES string of the molecule is Cc1sc(CNCC(N)=O)cc1Br. The van der Waals surface area contributed by atoms with E-state index in [1.807, 2.05) is 13.0 Å². The summed E-state index contributed by atoms with van der Waals surface area (Å²) in [6.45, 7) is 2.97. The number of carbonyl (C=O) groups excluding carboxylic acids is 1. The fourth-order valence-corrected chi connectivity index (χ4v) is 2.49. The van der Waals surface area contributed by atoms with Gasteiger partial charge in [-0.25, -0.2) is 0 Å². The summed E-state index contributed by atoms with van der Waals surface area (Å²) in [6.07, 6.45) is 0. The third-order valence-electron chi connectivity index (χ3n) is 1.51. The second-order valence-electron chi connectivity index (χ2n) is 2.69. The van der Waals surface area contributed by atoms with Crippen molar-refractivity contribution in [2.75, 3.05) is 6.54 Å². The molecule has 13 heavy (non-hydrogen) atoms. The topological polar surface area (TPSA) is 55.1 Å². The third kappa shape index (κ3) is 3.46. The van der Waals surface area contributed by atoms with Crippen molar-refractivity contribution in [3.05, 3.63) is 20.3 Å². The molecule has 1 heterocycles. The van der Waals surface area contributed by atoms with Crippen molar-refractivity contribution in [1.82, 2.24) is 5.32 Å². The molecular formula is C8H11BrN2OS. The molecule has 5 heteroatoms. The molecule has 1 aromatic heterocycles. The van der Waals surface area contributed by atoms with Crippen LogP contribution in [0, 0.1) is 6.92 Å². The lowest BCUT2D eigenvalue weighted by Crippen LogP contribution is -2.27. The lowest BCUT2D eigenvalue weighted by molar-refractivity contribution is -0.117. The number of hydrogen-bond donors (Lipinski definition) is 2. The van der Waals surface area contributed by atoms with Crippen molar-refractivity contribution in [3.8, 4) is 0 Å². The van der Waals surface area contributed by atoms with E-state index in [0.29, 0.717) is 6.54 Å². The smallest absolute Gasteiger partial charge is 0.231 e. The van der Waals surface area contributed by atoms with Gasteiger partial charge in [-0.05, 0) is 28.9 Å². The molecule has 3 nitrogen and oxygen atoms in total. The number of amides is 1. The van der Waals surface area contributed by atoms with Crippen LogP contribution in [0.2, 0.25) is 0 Å². The van der Waals surface area contributed by atoms with Crippen LogP contribution >= 0.6 is 27.3 Å². The molecule has 0 aliphatic heterocycles. The molecule has 0 aliphatic rings. The van der Waals surface area contributed by atoms with Gasteiger partial charge in [0.2, 0.25) is 5.91 Å². The summed E-state index contributed by atoms with van der Waals surface area (Å²) < 4.78 is 1.12. The van der Waals surface area contributed by atoms with Gasteiger partial charge in [0.05, 0.1) is 6.54 Å². The zero-order valence-corrected chi connectivity index (χ0v) is 9.67. The van der Waals surface area contributed by atoms with Gasteiger partial charge in [0.25, 0.3) is 0 Å². The van der Waals surface area contributed by atoms with Crippen molar-refractivity contribution < 1.29 is 4.79 Å². The van der Waals surface area contributed by atoms with E-state index in [0.717, 1.165) is 4.47 Å². The molecule has 3 N–H and O–H groups in total. The molecule has 1 rings (SSSR count). The fraction of sp³-hybridized carbons (Fsp3) is 0.375. The first-order valence-electron chi connectivity index (χ1n) is 3.83. The fourth-order valence-electron chi connectivity index (χ4n) is 0.914. The van der Waals surface area contributed by atoms with Gasteiger partial charge in [-0.3, -0.25) is 4.79 Å². The Morgan fingerprint density at radius 1 is 1.77 bits per heavy atom. The van der Waals surface area contributed by atoms with E-state index in [1.165, 1.54) is 9.75 Å². The monoisotopic (exact) mass is 262 g/mol. The minimum Gasteiger partial charge on any atom is -0.369 e. The molecule has 0 aliphatic carbocycles. The number of primary amides is 1. The molecule has 0 unspecified atom stereocenters. The van der Waals surface area contributed by atoms with E-state index in [1.54, 1.807) is 11.3 Å². The molecule has 0 saturated heterocycles. The van der Waals surface area contributed by atoms with E-state index >= 15 is 0 Å². The Bertz CT molecular complexity index is 292. The van der Waals surface area contributed by atoms with Gasteiger partial charge in [-0.15, -0.1) is 11.3 Å². The number of nitrogens with one attached hydrogen (secondary N) is 1. The number of carbonyl (C=O) groups is 1. The largest absolute Gasteiger partial charge is 0.369 e. The second kappa shape index (κ2) is 4.74. The van der Waals surface area contributed by atoms with Crippen LogP contribution in [0.15, 0.2) is 10.5 Å². The highest BCUT2D eigenvalue weighted by Crippen LogP contribution is 2.25. The van der Waals surface area contributed by atoms with Crippen molar-refractivity contribution >= 4 is 33.2 Å². The molecule has 0 radical (unpaired) electrons. The average molecular weight is 263 g/mol. The van der Waals surface area contributed by atoms with E-state index in [2.05, 4.69) is 21.2 Å². The Hall–Kier alpha value is -0.390. The molecule has 0 fully saturated rings. The maximum Gasteiger partial charge on any atom is 0.231 e. The van der Waals surface area contributed by atoms with Crippen molar-refractivity contribution in [2.24, 2.45) is 5.73 Å². The van der Waals surface area contributed by atoms with Gasteiger partial charge in [-0.1, -0.05) is 0 Å². The van der Waals surface area contributed by atoms with E-state index in [-0.39, 0.29) is 12.5 Å². The zero-order chi connectivity index (χ0) is 9.84. The van der Waals surface area contributed by atoms with Crippen LogP contribution in [0.3, 0.4) is 0 Å². The highest BCUT2D eigenvalue weighted by atomic mass is 79.9. The second-order valence-corrected chi connectivity index (χ2v) is 4.88. The molecule has 0 atom stereocenters. The standard InChI is InChI=1S/C8H11BrN2OS/c1-5-7(9)2-6(13-5)3-11-4-8(10)12/h2,11H,3-4H2,1H3,(H2,10,12). The summed E-state index contributed by atoms with van der Waals surface area (Å²) in [5.41, 5.74) is 4.98.